The molecule has 0 aliphatic carbocycles. The first-order chi connectivity index (χ1) is 8.76. The Balaban J connectivity index is 2.42. The molecule has 4 heteroatoms. The first-order valence-electron chi connectivity index (χ1n) is 5.81. The van der Waals surface area contributed by atoms with Crippen molar-refractivity contribution in [3.63, 3.8) is 0 Å². The van der Waals surface area contributed by atoms with Crippen LogP contribution in [0.25, 0.3) is 10.6 Å². The number of rotatable bonds is 4. The summed E-state index contributed by atoms with van der Waals surface area (Å²) in [7, 11) is 0. The van der Waals surface area contributed by atoms with Crippen molar-refractivity contribution in [1.82, 2.24) is 4.98 Å². The van der Waals surface area contributed by atoms with E-state index in [4.69, 9.17) is 10.00 Å². The Morgan fingerprint density at radius 2 is 2.17 bits per heavy atom. The Bertz CT molecular complexity index is 584. The predicted octanol–water partition coefficient (Wildman–Crippen LogP) is 3.58. The number of benzene rings is 1. The maximum absolute atomic E-state index is 8.77. The molecule has 0 atom stereocenters. The average molecular weight is 258 g/mol. The van der Waals surface area contributed by atoms with E-state index in [1.54, 1.807) is 11.3 Å². The minimum Gasteiger partial charge on any atom is -0.493 e. The van der Waals surface area contributed by atoms with Gasteiger partial charge in [-0.2, -0.15) is 5.26 Å². The van der Waals surface area contributed by atoms with Gasteiger partial charge in [0.05, 0.1) is 30.4 Å². The number of hydrogen-bond acceptors (Lipinski definition) is 4. The SMILES string of the molecule is CCOc1ccccc1-c1nc(C)c(CC#N)s1. The van der Waals surface area contributed by atoms with Crippen molar-refractivity contribution >= 4 is 11.3 Å². The molecule has 92 valence electrons. The number of nitriles is 1. The van der Waals surface area contributed by atoms with Crippen LogP contribution in [-0.2, 0) is 6.42 Å². The number of thiazole rings is 1. The van der Waals surface area contributed by atoms with Crippen molar-refractivity contribution in [3.8, 4) is 22.4 Å². The van der Waals surface area contributed by atoms with Gasteiger partial charge in [-0.1, -0.05) is 12.1 Å². The van der Waals surface area contributed by atoms with Gasteiger partial charge < -0.3 is 4.74 Å². The lowest BCUT2D eigenvalue weighted by Crippen LogP contribution is -1.93. The van der Waals surface area contributed by atoms with Gasteiger partial charge in [-0.05, 0) is 26.0 Å². The summed E-state index contributed by atoms with van der Waals surface area (Å²) in [6.45, 7) is 4.54. The van der Waals surface area contributed by atoms with Crippen LogP contribution in [0.2, 0.25) is 0 Å². The molecule has 1 aromatic heterocycles. The van der Waals surface area contributed by atoms with Gasteiger partial charge in [-0.15, -0.1) is 11.3 Å². The molecule has 0 bridgehead atoms. The van der Waals surface area contributed by atoms with Gasteiger partial charge >= 0.3 is 0 Å². The van der Waals surface area contributed by atoms with Gasteiger partial charge in [0, 0.05) is 4.88 Å². The molecule has 0 spiro atoms. The fourth-order valence-corrected chi connectivity index (χ4v) is 2.73. The Morgan fingerprint density at radius 1 is 1.39 bits per heavy atom. The van der Waals surface area contributed by atoms with E-state index >= 15 is 0 Å². The van der Waals surface area contributed by atoms with Gasteiger partial charge in [0.2, 0.25) is 0 Å². The van der Waals surface area contributed by atoms with E-state index < -0.39 is 0 Å². The molecular formula is C14H14N2OS. The molecule has 3 nitrogen and oxygen atoms in total. The summed E-state index contributed by atoms with van der Waals surface area (Å²) in [6, 6.07) is 10.0. The smallest absolute Gasteiger partial charge is 0.129 e. The number of aromatic nitrogens is 1. The highest BCUT2D eigenvalue weighted by Crippen LogP contribution is 2.34. The Hall–Kier alpha value is -1.86. The fraction of sp³-hybridized carbons (Fsp3) is 0.286. The number of para-hydroxylation sites is 1. The molecule has 0 saturated carbocycles. The minimum atomic E-state index is 0.417. The summed E-state index contributed by atoms with van der Waals surface area (Å²) in [6.07, 6.45) is 0.417. The standard InChI is InChI=1S/C14H14N2OS/c1-3-17-12-7-5-4-6-11(12)14-16-10(2)13(18-14)8-9-15/h4-7H,3,8H2,1-2H3. The van der Waals surface area contributed by atoms with Crippen LogP contribution in [-0.4, -0.2) is 11.6 Å². The van der Waals surface area contributed by atoms with E-state index in [1.807, 2.05) is 38.1 Å². The van der Waals surface area contributed by atoms with Crippen molar-refractivity contribution in [2.75, 3.05) is 6.61 Å². The van der Waals surface area contributed by atoms with E-state index in [0.29, 0.717) is 13.0 Å². The van der Waals surface area contributed by atoms with Crippen LogP contribution in [0.5, 0.6) is 5.75 Å². The van der Waals surface area contributed by atoms with Crippen molar-refractivity contribution < 1.29 is 4.74 Å². The molecule has 1 aromatic carbocycles. The first-order valence-corrected chi connectivity index (χ1v) is 6.63. The Morgan fingerprint density at radius 3 is 2.89 bits per heavy atom. The summed E-state index contributed by atoms with van der Waals surface area (Å²) >= 11 is 1.56. The number of ether oxygens (including phenoxy) is 1. The van der Waals surface area contributed by atoms with E-state index in [0.717, 1.165) is 26.9 Å². The number of hydrogen-bond donors (Lipinski definition) is 0. The van der Waals surface area contributed by atoms with Crippen LogP contribution in [0.4, 0.5) is 0 Å². The number of aryl methyl sites for hydroxylation is 1. The lowest BCUT2D eigenvalue weighted by molar-refractivity contribution is 0.341. The molecule has 0 saturated heterocycles. The summed E-state index contributed by atoms with van der Waals surface area (Å²) in [5.41, 5.74) is 1.93. The second kappa shape index (κ2) is 5.65. The van der Waals surface area contributed by atoms with Gasteiger partial charge in [0.15, 0.2) is 0 Å². The number of nitrogens with zero attached hydrogens (tertiary/aromatic N) is 2. The molecule has 1 heterocycles. The lowest BCUT2D eigenvalue weighted by atomic mass is 10.2. The van der Waals surface area contributed by atoms with Gasteiger partial charge in [-0.25, -0.2) is 4.98 Å². The van der Waals surface area contributed by atoms with E-state index in [9.17, 15) is 0 Å². The molecule has 0 amide bonds. The van der Waals surface area contributed by atoms with Crippen LogP contribution in [0, 0.1) is 18.3 Å². The highest BCUT2D eigenvalue weighted by Gasteiger charge is 2.12. The van der Waals surface area contributed by atoms with E-state index in [1.165, 1.54) is 0 Å². The van der Waals surface area contributed by atoms with E-state index in [-0.39, 0.29) is 0 Å². The van der Waals surface area contributed by atoms with Crippen molar-refractivity contribution in [3.05, 3.63) is 34.8 Å². The second-order valence-electron chi connectivity index (χ2n) is 3.79. The molecule has 0 N–H and O–H groups in total. The summed E-state index contributed by atoms with van der Waals surface area (Å²) in [5, 5.41) is 9.69. The monoisotopic (exact) mass is 258 g/mol. The normalized spacial score (nSPS) is 10.1. The Kier molecular flexibility index (Phi) is 3.96. The second-order valence-corrected chi connectivity index (χ2v) is 4.88. The molecule has 2 aromatic rings. The largest absolute Gasteiger partial charge is 0.493 e. The lowest BCUT2D eigenvalue weighted by Gasteiger charge is -2.07. The highest BCUT2D eigenvalue weighted by atomic mass is 32.1. The highest BCUT2D eigenvalue weighted by molar-refractivity contribution is 7.15. The molecular weight excluding hydrogens is 244 g/mol. The third-order valence-corrected chi connectivity index (χ3v) is 3.74. The van der Waals surface area contributed by atoms with Gasteiger partial charge in [0.25, 0.3) is 0 Å². The van der Waals surface area contributed by atoms with Crippen molar-refractivity contribution in [2.45, 2.75) is 20.3 Å². The molecule has 18 heavy (non-hydrogen) atoms. The van der Waals surface area contributed by atoms with Gasteiger partial charge in [-0.3, -0.25) is 0 Å². The van der Waals surface area contributed by atoms with Gasteiger partial charge in [0.1, 0.15) is 10.8 Å². The van der Waals surface area contributed by atoms with Crippen LogP contribution in [0.1, 0.15) is 17.5 Å². The average Bonchev–Trinajstić information content (AvgIpc) is 2.73. The van der Waals surface area contributed by atoms with E-state index in [2.05, 4.69) is 11.1 Å². The Labute approximate surface area is 111 Å². The molecule has 0 radical (unpaired) electrons. The topological polar surface area (TPSA) is 45.9 Å². The first kappa shape index (κ1) is 12.6. The van der Waals surface area contributed by atoms with Crippen LogP contribution >= 0.6 is 11.3 Å². The van der Waals surface area contributed by atoms with Crippen molar-refractivity contribution in [2.24, 2.45) is 0 Å². The van der Waals surface area contributed by atoms with Crippen LogP contribution < -0.4 is 4.74 Å². The van der Waals surface area contributed by atoms with Crippen LogP contribution in [0.3, 0.4) is 0 Å². The molecule has 2 rings (SSSR count). The maximum atomic E-state index is 8.77. The van der Waals surface area contributed by atoms with Crippen molar-refractivity contribution in [1.29, 1.82) is 5.26 Å². The zero-order valence-corrected chi connectivity index (χ0v) is 11.3. The predicted molar refractivity (Wildman–Crippen MR) is 72.8 cm³/mol. The molecule has 0 fully saturated rings. The maximum Gasteiger partial charge on any atom is 0.129 e. The molecule has 0 unspecified atom stereocenters. The zero-order valence-electron chi connectivity index (χ0n) is 10.4. The summed E-state index contributed by atoms with van der Waals surface area (Å²) in [5.74, 6) is 0.845. The third-order valence-electron chi connectivity index (χ3n) is 2.55. The van der Waals surface area contributed by atoms with Crippen LogP contribution in [0.15, 0.2) is 24.3 Å². The minimum absolute atomic E-state index is 0.417. The molecule has 0 aliphatic rings. The summed E-state index contributed by atoms with van der Waals surface area (Å²) < 4.78 is 5.60. The fourth-order valence-electron chi connectivity index (χ4n) is 1.70. The molecule has 0 aliphatic heterocycles. The summed E-state index contributed by atoms with van der Waals surface area (Å²) in [4.78, 5) is 5.56. The third kappa shape index (κ3) is 2.52. The zero-order chi connectivity index (χ0) is 13.0. The quantitative estimate of drug-likeness (QED) is 0.842.